The van der Waals surface area contributed by atoms with E-state index in [4.69, 9.17) is 0 Å². The van der Waals surface area contributed by atoms with E-state index in [1.54, 1.807) is 18.6 Å². The molecule has 3 aromatic heterocycles. The van der Waals surface area contributed by atoms with Crippen molar-refractivity contribution in [2.24, 2.45) is 0 Å². The molecule has 3 heterocycles. The molecule has 0 atom stereocenters. The summed E-state index contributed by atoms with van der Waals surface area (Å²) in [5.41, 5.74) is 2.33. The molecule has 3 rings (SSSR count). The van der Waals surface area contributed by atoms with Gasteiger partial charge in [0.25, 0.3) is 5.56 Å². The second-order valence-electron chi connectivity index (χ2n) is 5.18. The molecule has 116 valence electrons. The minimum Gasteiger partial charge on any atom is -0.345 e. The summed E-state index contributed by atoms with van der Waals surface area (Å²) in [7, 11) is 1.90. The zero-order valence-corrected chi connectivity index (χ0v) is 12.8. The van der Waals surface area contributed by atoms with Crippen LogP contribution in [0, 0.1) is 0 Å². The maximum absolute atomic E-state index is 11.9. The van der Waals surface area contributed by atoms with Crippen LogP contribution < -0.4 is 10.5 Å². The molecule has 0 aromatic carbocycles. The first kappa shape index (κ1) is 14.9. The molecule has 0 radical (unpaired) electrons. The van der Waals surface area contributed by atoms with E-state index >= 15 is 0 Å². The van der Waals surface area contributed by atoms with Crippen LogP contribution in [0.4, 0.5) is 5.95 Å². The largest absolute Gasteiger partial charge is 0.345 e. The van der Waals surface area contributed by atoms with Crippen molar-refractivity contribution >= 4 is 5.95 Å². The lowest BCUT2D eigenvalue weighted by Gasteiger charge is -2.17. The number of hydrogen-bond acceptors (Lipinski definition) is 5. The molecule has 0 aliphatic rings. The number of aromatic nitrogens is 4. The van der Waals surface area contributed by atoms with Crippen molar-refractivity contribution in [3.8, 4) is 11.3 Å². The van der Waals surface area contributed by atoms with E-state index in [2.05, 4.69) is 19.9 Å². The van der Waals surface area contributed by atoms with Gasteiger partial charge in [-0.3, -0.25) is 19.7 Å². The fourth-order valence-electron chi connectivity index (χ4n) is 2.23. The summed E-state index contributed by atoms with van der Waals surface area (Å²) >= 11 is 0. The minimum absolute atomic E-state index is 0.175. The third-order valence-electron chi connectivity index (χ3n) is 3.50. The summed E-state index contributed by atoms with van der Waals surface area (Å²) in [6, 6.07) is 11.0. The highest BCUT2D eigenvalue weighted by Gasteiger charge is 2.08. The lowest BCUT2D eigenvalue weighted by Crippen LogP contribution is -2.25. The van der Waals surface area contributed by atoms with Crippen molar-refractivity contribution in [2.45, 2.75) is 6.42 Å². The predicted molar refractivity (Wildman–Crippen MR) is 89.3 cm³/mol. The van der Waals surface area contributed by atoms with Crippen LogP contribution in [0.2, 0.25) is 0 Å². The molecule has 0 aliphatic heterocycles. The van der Waals surface area contributed by atoms with E-state index in [0.29, 0.717) is 18.2 Å². The molecule has 0 fully saturated rings. The monoisotopic (exact) mass is 307 g/mol. The Morgan fingerprint density at radius 3 is 2.70 bits per heavy atom. The van der Waals surface area contributed by atoms with Crippen LogP contribution in [0.15, 0.2) is 59.8 Å². The first-order valence-corrected chi connectivity index (χ1v) is 7.35. The minimum atomic E-state index is -0.175. The average Bonchev–Trinajstić information content (AvgIpc) is 2.61. The Bertz CT molecular complexity index is 817. The number of hydrogen-bond donors (Lipinski definition) is 1. The molecule has 6 nitrogen and oxygen atoms in total. The summed E-state index contributed by atoms with van der Waals surface area (Å²) in [4.78, 5) is 29.4. The maximum atomic E-state index is 11.9. The molecule has 3 aromatic rings. The van der Waals surface area contributed by atoms with Gasteiger partial charge in [-0.25, -0.2) is 4.98 Å². The number of nitrogens with zero attached hydrogens (tertiary/aromatic N) is 4. The molecule has 0 spiro atoms. The first-order chi connectivity index (χ1) is 11.2. The molecule has 6 heteroatoms. The Labute approximate surface area is 133 Å². The SMILES string of the molecule is CN(CCc1ccccn1)c1nc(-c2ccncc2)cc(=O)[nH]1. The molecular formula is C17H17N5O. The van der Waals surface area contributed by atoms with Gasteiger partial charge in [-0.2, -0.15) is 0 Å². The van der Waals surface area contributed by atoms with Gasteiger partial charge in [-0.15, -0.1) is 0 Å². The molecule has 0 saturated heterocycles. The normalized spacial score (nSPS) is 10.5. The molecule has 0 aliphatic carbocycles. The van der Waals surface area contributed by atoms with E-state index in [1.807, 2.05) is 42.3 Å². The van der Waals surface area contributed by atoms with Gasteiger partial charge in [0.1, 0.15) is 0 Å². The fourth-order valence-corrected chi connectivity index (χ4v) is 2.23. The van der Waals surface area contributed by atoms with E-state index in [-0.39, 0.29) is 5.56 Å². The molecule has 0 saturated carbocycles. The smallest absolute Gasteiger partial charge is 0.252 e. The number of anilines is 1. The Hall–Kier alpha value is -3.02. The summed E-state index contributed by atoms with van der Waals surface area (Å²) < 4.78 is 0. The molecule has 1 N–H and O–H groups in total. The van der Waals surface area contributed by atoms with Gasteiger partial charge in [0.15, 0.2) is 0 Å². The number of likely N-dealkylation sites (N-methyl/N-ethyl adjacent to an activating group) is 1. The third-order valence-corrected chi connectivity index (χ3v) is 3.50. The standard InChI is InChI=1S/C17H17N5O/c1-22(11-7-14-4-2-3-8-19-14)17-20-15(12-16(23)21-17)13-5-9-18-10-6-13/h2-6,8-10,12H,7,11H2,1H3,(H,20,21,23). The van der Waals surface area contributed by atoms with Crippen LogP contribution >= 0.6 is 0 Å². The predicted octanol–water partition coefficient (Wildman–Crippen LogP) is 1.91. The summed E-state index contributed by atoms with van der Waals surface area (Å²) in [5.74, 6) is 0.542. The quantitative estimate of drug-likeness (QED) is 0.779. The maximum Gasteiger partial charge on any atom is 0.252 e. The molecule has 0 bridgehead atoms. The Morgan fingerprint density at radius 1 is 1.13 bits per heavy atom. The number of pyridine rings is 2. The van der Waals surface area contributed by atoms with E-state index in [9.17, 15) is 4.79 Å². The second kappa shape index (κ2) is 6.83. The van der Waals surface area contributed by atoms with Crippen LogP contribution in [0.5, 0.6) is 0 Å². The fraction of sp³-hybridized carbons (Fsp3) is 0.176. The number of aromatic amines is 1. The molecular weight excluding hydrogens is 290 g/mol. The van der Waals surface area contributed by atoms with Crippen molar-refractivity contribution in [1.82, 2.24) is 19.9 Å². The van der Waals surface area contributed by atoms with Crippen molar-refractivity contribution in [3.63, 3.8) is 0 Å². The van der Waals surface area contributed by atoms with Crippen LogP contribution in [-0.4, -0.2) is 33.5 Å². The van der Waals surface area contributed by atoms with E-state index in [0.717, 1.165) is 17.7 Å². The first-order valence-electron chi connectivity index (χ1n) is 7.35. The van der Waals surface area contributed by atoms with Gasteiger partial charge in [-0.05, 0) is 24.3 Å². The highest BCUT2D eigenvalue weighted by molar-refractivity contribution is 5.59. The highest BCUT2D eigenvalue weighted by Crippen LogP contribution is 2.16. The summed E-state index contributed by atoms with van der Waals surface area (Å²) in [5, 5.41) is 0. The van der Waals surface area contributed by atoms with Gasteiger partial charge in [0.2, 0.25) is 5.95 Å². The highest BCUT2D eigenvalue weighted by atomic mass is 16.1. The van der Waals surface area contributed by atoms with Crippen LogP contribution in [0.3, 0.4) is 0 Å². The lowest BCUT2D eigenvalue weighted by molar-refractivity contribution is 0.818. The lowest BCUT2D eigenvalue weighted by atomic mass is 10.2. The summed E-state index contributed by atoms with van der Waals surface area (Å²) in [6.07, 6.45) is 5.92. The Balaban J connectivity index is 1.79. The molecule has 0 unspecified atom stereocenters. The van der Waals surface area contributed by atoms with Gasteiger partial charge in [-0.1, -0.05) is 6.07 Å². The summed E-state index contributed by atoms with van der Waals surface area (Å²) in [6.45, 7) is 0.708. The number of H-pyrrole nitrogens is 1. The number of nitrogens with one attached hydrogen (secondary N) is 1. The van der Waals surface area contributed by atoms with E-state index in [1.165, 1.54) is 6.07 Å². The van der Waals surface area contributed by atoms with E-state index < -0.39 is 0 Å². The van der Waals surface area contributed by atoms with Crippen molar-refractivity contribution in [1.29, 1.82) is 0 Å². The number of rotatable bonds is 5. The van der Waals surface area contributed by atoms with Crippen molar-refractivity contribution in [2.75, 3.05) is 18.5 Å². The van der Waals surface area contributed by atoms with Gasteiger partial charge in [0.05, 0.1) is 5.69 Å². The zero-order chi connectivity index (χ0) is 16.1. The third kappa shape index (κ3) is 3.79. The molecule has 0 amide bonds. The van der Waals surface area contributed by atoms with Crippen LogP contribution in [0.1, 0.15) is 5.69 Å². The average molecular weight is 307 g/mol. The van der Waals surface area contributed by atoms with Crippen molar-refractivity contribution in [3.05, 3.63) is 71.0 Å². The van der Waals surface area contributed by atoms with Gasteiger partial charge < -0.3 is 4.90 Å². The molecule has 23 heavy (non-hydrogen) atoms. The van der Waals surface area contributed by atoms with Gasteiger partial charge >= 0.3 is 0 Å². The topological polar surface area (TPSA) is 74.8 Å². The van der Waals surface area contributed by atoms with Gasteiger partial charge in [0, 0.05) is 55.9 Å². The Morgan fingerprint density at radius 2 is 1.96 bits per heavy atom. The van der Waals surface area contributed by atoms with Crippen LogP contribution in [0.25, 0.3) is 11.3 Å². The van der Waals surface area contributed by atoms with Crippen LogP contribution in [-0.2, 0) is 6.42 Å². The second-order valence-corrected chi connectivity index (χ2v) is 5.18. The Kier molecular flexibility index (Phi) is 4.42. The zero-order valence-electron chi connectivity index (χ0n) is 12.8. The van der Waals surface area contributed by atoms with Crippen molar-refractivity contribution < 1.29 is 0 Å².